The predicted octanol–water partition coefficient (Wildman–Crippen LogP) is 0.832. The SMILES string of the molecule is O=C(O)OCOPOCOC(=O)O. The summed E-state index contributed by atoms with van der Waals surface area (Å²) >= 11 is 0. The first-order chi connectivity index (χ1) is 6.13. The van der Waals surface area contributed by atoms with Crippen molar-refractivity contribution < 1.29 is 38.3 Å². The third-order valence-corrected chi connectivity index (χ3v) is 1.07. The quantitative estimate of drug-likeness (QED) is 0.289. The molecule has 8 nitrogen and oxygen atoms in total. The third kappa shape index (κ3) is 10.9. The lowest BCUT2D eigenvalue weighted by atomic mass is 11.3. The summed E-state index contributed by atoms with van der Waals surface area (Å²) in [6, 6.07) is 0. The highest BCUT2D eigenvalue weighted by Gasteiger charge is 1.97. The minimum atomic E-state index is -1.47. The van der Waals surface area contributed by atoms with Gasteiger partial charge in [-0.15, -0.1) is 0 Å². The Morgan fingerprint density at radius 2 is 1.38 bits per heavy atom. The summed E-state index contributed by atoms with van der Waals surface area (Å²) in [5, 5.41) is 15.9. The maximum atomic E-state index is 9.74. The average molecular weight is 214 g/mol. The highest BCUT2D eigenvalue weighted by atomic mass is 31.1. The van der Waals surface area contributed by atoms with E-state index in [1.807, 2.05) is 0 Å². The molecule has 0 heterocycles. The van der Waals surface area contributed by atoms with Crippen LogP contribution in [0.15, 0.2) is 0 Å². The van der Waals surface area contributed by atoms with Gasteiger partial charge in [0.1, 0.15) is 0 Å². The van der Waals surface area contributed by atoms with Crippen LogP contribution in [0.4, 0.5) is 9.59 Å². The van der Waals surface area contributed by atoms with Gasteiger partial charge in [0, 0.05) is 0 Å². The summed E-state index contributed by atoms with van der Waals surface area (Å²) in [5.74, 6) is 0. The van der Waals surface area contributed by atoms with Crippen LogP contribution in [-0.2, 0) is 18.5 Å². The smallest absolute Gasteiger partial charge is 0.450 e. The summed E-state index contributed by atoms with van der Waals surface area (Å²) < 4.78 is 16.8. The van der Waals surface area contributed by atoms with Crippen molar-refractivity contribution in [2.45, 2.75) is 0 Å². The highest BCUT2D eigenvalue weighted by molar-refractivity contribution is 7.26. The zero-order valence-electron chi connectivity index (χ0n) is 6.26. The van der Waals surface area contributed by atoms with Crippen molar-refractivity contribution in [1.82, 2.24) is 0 Å². The molecule has 0 aliphatic carbocycles. The maximum absolute atomic E-state index is 9.74. The molecule has 0 aromatic heterocycles. The largest absolute Gasteiger partial charge is 0.507 e. The van der Waals surface area contributed by atoms with E-state index in [0.29, 0.717) is 0 Å². The van der Waals surface area contributed by atoms with Gasteiger partial charge in [0.25, 0.3) is 0 Å². The van der Waals surface area contributed by atoms with Crippen LogP contribution < -0.4 is 0 Å². The number of carbonyl (C=O) groups is 2. The van der Waals surface area contributed by atoms with Crippen LogP contribution in [0.1, 0.15) is 0 Å². The number of hydrogen-bond acceptors (Lipinski definition) is 6. The molecule has 0 spiro atoms. The topological polar surface area (TPSA) is 112 Å². The van der Waals surface area contributed by atoms with Crippen LogP contribution in [0.5, 0.6) is 0 Å². The molecule has 76 valence electrons. The molecule has 0 aromatic rings. The van der Waals surface area contributed by atoms with Gasteiger partial charge in [0.2, 0.25) is 13.6 Å². The lowest BCUT2D eigenvalue weighted by Gasteiger charge is -2.02. The summed E-state index contributed by atoms with van der Waals surface area (Å²) in [4.78, 5) is 19.5. The van der Waals surface area contributed by atoms with Gasteiger partial charge in [-0.2, -0.15) is 0 Å². The molecule has 0 atom stereocenters. The molecular weight excluding hydrogens is 207 g/mol. The molecule has 0 saturated carbocycles. The van der Waals surface area contributed by atoms with E-state index in [4.69, 9.17) is 10.2 Å². The van der Waals surface area contributed by atoms with E-state index in [2.05, 4.69) is 18.5 Å². The van der Waals surface area contributed by atoms with Crippen molar-refractivity contribution in [3.05, 3.63) is 0 Å². The number of carboxylic acid groups (broad SMARTS) is 2. The Kier molecular flexibility index (Phi) is 6.89. The van der Waals surface area contributed by atoms with Crippen LogP contribution in [0.25, 0.3) is 0 Å². The number of rotatable bonds is 6. The molecule has 0 bridgehead atoms. The normalized spacial score (nSPS) is 9.23. The monoisotopic (exact) mass is 214 g/mol. The molecule has 0 rings (SSSR count). The lowest BCUT2D eigenvalue weighted by molar-refractivity contribution is 0.00850. The van der Waals surface area contributed by atoms with Crippen LogP contribution in [0.3, 0.4) is 0 Å². The van der Waals surface area contributed by atoms with Gasteiger partial charge in [0.15, 0.2) is 9.03 Å². The van der Waals surface area contributed by atoms with E-state index < -0.39 is 34.9 Å². The molecule has 0 amide bonds. The second kappa shape index (κ2) is 7.53. The van der Waals surface area contributed by atoms with E-state index >= 15 is 0 Å². The van der Waals surface area contributed by atoms with Crippen LogP contribution in [0.2, 0.25) is 0 Å². The fourth-order valence-electron chi connectivity index (χ4n) is 0.250. The Balaban J connectivity index is 3.00. The highest BCUT2D eigenvalue weighted by Crippen LogP contribution is 2.12. The van der Waals surface area contributed by atoms with Gasteiger partial charge >= 0.3 is 12.3 Å². The minimum absolute atomic E-state index is 0.471. The zero-order chi connectivity index (χ0) is 10.1. The van der Waals surface area contributed by atoms with Crippen molar-refractivity contribution >= 4 is 21.3 Å². The van der Waals surface area contributed by atoms with Gasteiger partial charge in [0.05, 0.1) is 0 Å². The second-order valence-corrected chi connectivity index (χ2v) is 2.17. The van der Waals surface area contributed by atoms with Crippen molar-refractivity contribution in [2.24, 2.45) is 0 Å². The summed E-state index contributed by atoms with van der Waals surface area (Å²) in [6.45, 7) is -0.943. The Labute approximate surface area is 74.3 Å². The maximum Gasteiger partial charge on any atom is 0.507 e. The number of hydrogen-bond donors (Lipinski definition) is 2. The molecule has 0 unspecified atom stereocenters. The van der Waals surface area contributed by atoms with Gasteiger partial charge in [-0.1, -0.05) is 0 Å². The summed E-state index contributed by atoms with van der Waals surface area (Å²) in [6.07, 6.45) is -2.93. The first kappa shape index (κ1) is 11.9. The standard InChI is InChI=1S/C4H7O8P/c5-3(6)9-1-11-13-12-2-10-4(7)8/h13H,1-2H2,(H,5,6)(H,7,8). The summed E-state index contributed by atoms with van der Waals surface area (Å²) in [7, 11) is -0.545. The van der Waals surface area contributed by atoms with Crippen LogP contribution in [0, 0.1) is 0 Å². The molecule has 0 fully saturated rings. The zero-order valence-corrected chi connectivity index (χ0v) is 7.26. The Hall–Kier alpha value is -1.11. The second-order valence-electron chi connectivity index (χ2n) is 1.43. The molecule has 2 N–H and O–H groups in total. The Morgan fingerprint density at radius 1 is 1.00 bits per heavy atom. The van der Waals surface area contributed by atoms with Gasteiger partial charge in [-0.25, -0.2) is 9.59 Å². The molecule has 0 aliphatic heterocycles. The Bertz CT molecular complexity index is 152. The van der Waals surface area contributed by atoms with Crippen molar-refractivity contribution in [3.8, 4) is 0 Å². The third-order valence-electron chi connectivity index (χ3n) is 0.601. The molecule has 0 aromatic carbocycles. The molecule has 13 heavy (non-hydrogen) atoms. The van der Waals surface area contributed by atoms with Crippen LogP contribution >= 0.6 is 9.03 Å². The molecular formula is C4H7O8P. The average Bonchev–Trinajstić information content (AvgIpc) is 2.01. The van der Waals surface area contributed by atoms with E-state index in [-0.39, 0.29) is 0 Å². The Morgan fingerprint density at radius 3 is 1.69 bits per heavy atom. The van der Waals surface area contributed by atoms with E-state index in [1.54, 1.807) is 0 Å². The molecule has 0 aliphatic rings. The predicted molar refractivity (Wildman–Crippen MR) is 38.4 cm³/mol. The molecule has 0 saturated heterocycles. The first-order valence-electron chi connectivity index (χ1n) is 2.83. The van der Waals surface area contributed by atoms with E-state index in [1.165, 1.54) is 0 Å². The van der Waals surface area contributed by atoms with E-state index in [0.717, 1.165) is 0 Å². The van der Waals surface area contributed by atoms with Crippen LogP contribution in [-0.4, -0.2) is 36.1 Å². The fraction of sp³-hybridized carbons (Fsp3) is 0.500. The minimum Gasteiger partial charge on any atom is -0.450 e. The first-order valence-corrected chi connectivity index (χ1v) is 3.64. The van der Waals surface area contributed by atoms with Crippen molar-refractivity contribution in [1.29, 1.82) is 0 Å². The molecule has 0 radical (unpaired) electrons. The van der Waals surface area contributed by atoms with Gasteiger partial charge in [-0.3, -0.25) is 9.05 Å². The van der Waals surface area contributed by atoms with Crippen molar-refractivity contribution in [3.63, 3.8) is 0 Å². The number of ether oxygens (including phenoxy) is 2. The molecule has 9 heteroatoms. The summed E-state index contributed by atoms with van der Waals surface area (Å²) in [5.41, 5.74) is 0. The van der Waals surface area contributed by atoms with Crippen molar-refractivity contribution in [2.75, 3.05) is 13.6 Å². The van der Waals surface area contributed by atoms with E-state index in [9.17, 15) is 9.59 Å². The lowest BCUT2D eigenvalue weighted by Crippen LogP contribution is -2.03. The van der Waals surface area contributed by atoms with Gasteiger partial charge < -0.3 is 19.7 Å². The fourth-order valence-corrected chi connectivity index (χ4v) is 0.547. The van der Waals surface area contributed by atoms with Gasteiger partial charge in [-0.05, 0) is 0 Å².